The van der Waals surface area contributed by atoms with Gasteiger partial charge >= 0.3 is 0 Å². The maximum absolute atomic E-state index is 11.1. The minimum atomic E-state index is -0.457. The fourth-order valence-electron chi connectivity index (χ4n) is 2.44. The first-order chi connectivity index (χ1) is 11.5. The van der Waals surface area contributed by atoms with Gasteiger partial charge in [0.05, 0.1) is 0 Å². The van der Waals surface area contributed by atoms with Crippen molar-refractivity contribution in [2.75, 3.05) is 6.54 Å². The van der Waals surface area contributed by atoms with Crippen molar-refractivity contribution < 1.29 is 9.53 Å². The van der Waals surface area contributed by atoms with E-state index in [4.69, 9.17) is 27.8 Å². The lowest BCUT2D eigenvalue weighted by molar-refractivity contribution is 0.100. The lowest BCUT2D eigenvalue weighted by atomic mass is 10.00. The molecule has 0 saturated heterocycles. The van der Waals surface area contributed by atoms with Gasteiger partial charge in [-0.15, -0.1) is 11.6 Å². The van der Waals surface area contributed by atoms with Crippen molar-refractivity contribution in [3.8, 4) is 11.5 Å². The summed E-state index contributed by atoms with van der Waals surface area (Å²) < 4.78 is 5.94. The van der Waals surface area contributed by atoms with E-state index in [0.29, 0.717) is 30.2 Å². The molecule has 2 atom stereocenters. The first-order valence-electron chi connectivity index (χ1n) is 7.99. The van der Waals surface area contributed by atoms with Crippen LogP contribution in [0.5, 0.6) is 11.5 Å². The Balaban J connectivity index is 2.09. The molecule has 1 amide bonds. The number of amides is 1. The Bertz CT molecular complexity index is 673. The first kappa shape index (κ1) is 18.3. The number of carbonyl (C=O) groups is 1. The molecule has 24 heavy (non-hydrogen) atoms. The van der Waals surface area contributed by atoms with E-state index in [9.17, 15) is 4.79 Å². The van der Waals surface area contributed by atoms with Crippen LogP contribution in [0.4, 0.5) is 0 Å². The zero-order valence-corrected chi connectivity index (χ0v) is 14.5. The number of rotatable bonds is 8. The molecular formula is C19H23ClN2O2. The van der Waals surface area contributed by atoms with Gasteiger partial charge in [0, 0.05) is 10.9 Å². The SMILES string of the molecule is CC(CN)CC(Cl)Cc1ccccc1Oc1ccc(C(N)=O)cc1. The van der Waals surface area contributed by atoms with E-state index in [1.807, 2.05) is 24.3 Å². The van der Waals surface area contributed by atoms with Crippen molar-refractivity contribution in [2.45, 2.75) is 25.1 Å². The Hall–Kier alpha value is -2.04. The smallest absolute Gasteiger partial charge is 0.248 e. The van der Waals surface area contributed by atoms with Gasteiger partial charge in [-0.1, -0.05) is 25.1 Å². The van der Waals surface area contributed by atoms with Gasteiger partial charge in [-0.05, 0) is 61.2 Å². The van der Waals surface area contributed by atoms with Gasteiger partial charge in [-0.25, -0.2) is 0 Å². The Morgan fingerprint density at radius 2 is 1.83 bits per heavy atom. The van der Waals surface area contributed by atoms with E-state index in [2.05, 4.69) is 6.92 Å². The van der Waals surface area contributed by atoms with Crippen LogP contribution < -0.4 is 16.2 Å². The molecule has 0 aliphatic carbocycles. The van der Waals surface area contributed by atoms with Gasteiger partial charge in [0.2, 0.25) is 5.91 Å². The van der Waals surface area contributed by atoms with Gasteiger partial charge in [0.1, 0.15) is 11.5 Å². The summed E-state index contributed by atoms with van der Waals surface area (Å²) in [5.41, 5.74) is 12.4. The summed E-state index contributed by atoms with van der Waals surface area (Å²) in [6, 6.07) is 14.6. The number of alkyl halides is 1. The van der Waals surface area contributed by atoms with E-state index < -0.39 is 5.91 Å². The van der Waals surface area contributed by atoms with Crippen LogP contribution in [0.1, 0.15) is 29.3 Å². The summed E-state index contributed by atoms with van der Waals surface area (Å²) >= 11 is 6.46. The highest BCUT2D eigenvalue weighted by molar-refractivity contribution is 6.20. The fraction of sp³-hybridized carbons (Fsp3) is 0.316. The molecule has 4 nitrogen and oxygen atoms in total. The third kappa shape index (κ3) is 5.25. The van der Waals surface area contributed by atoms with Gasteiger partial charge in [0.15, 0.2) is 0 Å². The Morgan fingerprint density at radius 3 is 2.46 bits per heavy atom. The molecule has 0 aliphatic heterocycles. The molecule has 0 saturated carbocycles. The summed E-state index contributed by atoms with van der Waals surface area (Å²) in [5.74, 6) is 1.34. The Labute approximate surface area is 147 Å². The lowest BCUT2D eigenvalue weighted by Gasteiger charge is -2.16. The van der Waals surface area contributed by atoms with E-state index in [-0.39, 0.29) is 5.38 Å². The number of ether oxygens (including phenoxy) is 1. The highest BCUT2D eigenvalue weighted by atomic mass is 35.5. The monoisotopic (exact) mass is 346 g/mol. The summed E-state index contributed by atoms with van der Waals surface area (Å²) in [6.45, 7) is 2.73. The van der Waals surface area contributed by atoms with Crippen LogP contribution >= 0.6 is 11.6 Å². The van der Waals surface area contributed by atoms with Crippen LogP contribution in [0.3, 0.4) is 0 Å². The molecule has 2 rings (SSSR count). The van der Waals surface area contributed by atoms with Crippen LogP contribution in [0.25, 0.3) is 0 Å². The Morgan fingerprint density at radius 1 is 1.17 bits per heavy atom. The molecule has 0 radical (unpaired) electrons. The average molecular weight is 347 g/mol. The molecule has 2 unspecified atom stereocenters. The quantitative estimate of drug-likeness (QED) is 0.715. The molecule has 0 bridgehead atoms. The van der Waals surface area contributed by atoms with Crippen LogP contribution in [0, 0.1) is 5.92 Å². The van der Waals surface area contributed by atoms with Gasteiger partial charge in [0.25, 0.3) is 0 Å². The number of benzene rings is 2. The van der Waals surface area contributed by atoms with Crippen molar-refractivity contribution in [1.29, 1.82) is 0 Å². The molecule has 2 aromatic rings. The second kappa shape index (κ2) is 8.71. The third-order valence-corrected chi connectivity index (χ3v) is 4.17. The number of halogens is 1. The maximum atomic E-state index is 11.1. The van der Waals surface area contributed by atoms with Crippen molar-refractivity contribution >= 4 is 17.5 Å². The fourth-order valence-corrected chi connectivity index (χ4v) is 2.91. The summed E-state index contributed by atoms with van der Waals surface area (Å²) in [6.07, 6.45) is 1.57. The predicted octanol–water partition coefficient (Wildman–Crippen LogP) is 3.71. The van der Waals surface area contributed by atoms with E-state index in [0.717, 1.165) is 17.7 Å². The van der Waals surface area contributed by atoms with Gasteiger partial charge in [-0.2, -0.15) is 0 Å². The summed E-state index contributed by atoms with van der Waals surface area (Å²) in [5, 5.41) is 0.00513. The number of para-hydroxylation sites is 1. The molecule has 4 N–H and O–H groups in total. The highest BCUT2D eigenvalue weighted by Gasteiger charge is 2.13. The molecule has 2 aromatic carbocycles. The zero-order chi connectivity index (χ0) is 17.5. The molecule has 128 valence electrons. The third-order valence-electron chi connectivity index (χ3n) is 3.84. The topological polar surface area (TPSA) is 78.3 Å². The van der Waals surface area contributed by atoms with Crippen LogP contribution in [-0.4, -0.2) is 17.8 Å². The number of hydrogen-bond donors (Lipinski definition) is 2. The zero-order valence-electron chi connectivity index (χ0n) is 13.7. The van der Waals surface area contributed by atoms with Gasteiger partial charge < -0.3 is 16.2 Å². The molecule has 0 heterocycles. The molecule has 0 aromatic heterocycles. The minimum Gasteiger partial charge on any atom is -0.457 e. The highest BCUT2D eigenvalue weighted by Crippen LogP contribution is 2.28. The normalized spacial score (nSPS) is 13.3. The number of hydrogen-bond acceptors (Lipinski definition) is 3. The largest absolute Gasteiger partial charge is 0.457 e. The predicted molar refractivity (Wildman–Crippen MR) is 97.7 cm³/mol. The first-order valence-corrected chi connectivity index (χ1v) is 8.43. The van der Waals surface area contributed by atoms with Crippen molar-refractivity contribution in [1.82, 2.24) is 0 Å². The van der Waals surface area contributed by atoms with Gasteiger partial charge in [-0.3, -0.25) is 4.79 Å². The average Bonchev–Trinajstić information content (AvgIpc) is 2.57. The molecule has 0 spiro atoms. The summed E-state index contributed by atoms with van der Waals surface area (Å²) in [7, 11) is 0. The number of primary amides is 1. The van der Waals surface area contributed by atoms with E-state index in [1.165, 1.54) is 0 Å². The Kier molecular flexibility index (Phi) is 6.64. The standard InChI is InChI=1S/C19H23ClN2O2/c1-13(12-21)10-16(20)11-15-4-2-3-5-18(15)24-17-8-6-14(7-9-17)19(22)23/h2-9,13,16H,10-12,21H2,1H3,(H2,22,23). The van der Waals surface area contributed by atoms with E-state index >= 15 is 0 Å². The molecule has 5 heteroatoms. The molecule has 0 fully saturated rings. The maximum Gasteiger partial charge on any atom is 0.248 e. The van der Waals surface area contributed by atoms with Crippen molar-refractivity contribution in [3.63, 3.8) is 0 Å². The van der Waals surface area contributed by atoms with Crippen LogP contribution in [0.2, 0.25) is 0 Å². The second-order valence-electron chi connectivity index (χ2n) is 5.98. The number of nitrogens with two attached hydrogens (primary N) is 2. The van der Waals surface area contributed by atoms with Crippen molar-refractivity contribution in [3.05, 3.63) is 59.7 Å². The van der Waals surface area contributed by atoms with Crippen LogP contribution in [-0.2, 0) is 6.42 Å². The molecule has 0 aliphatic rings. The van der Waals surface area contributed by atoms with Crippen molar-refractivity contribution in [2.24, 2.45) is 17.4 Å². The van der Waals surface area contributed by atoms with E-state index in [1.54, 1.807) is 24.3 Å². The lowest BCUT2D eigenvalue weighted by Crippen LogP contribution is -2.16. The summed E-state index contributed by atoms with van der Waals surface area (Å²) in [4.78, 5) is 11.1. The van der Waals surface area contributed by atoms with Crippen LogP contribution in [0.15, 0.2) is 48.5 Å². The minimum absolute atomic E-state index is 0.00513. The molecular weight excluding hydrogens is 324 g/mol. The second-order valence-corrected chi connectivity index (χ2v) is 6.59. The number of carbonyl (C=O) groups excluding carboxylic acids is 1.